The number of methoxy groups -OCH3 is 1. The Morgan fingerprint density at radius 1 is 0.857 bits per heavy atom. The molecule has 4 N–H and O–H groups in total. The first-order chi connectivity index (χ1) is 16.3. The molecule has 1 aromatic rings. The van der Waals surface area contributed by atoms with Crippen molar-refractivity contribution in [3.63, 3.8) is 0 Å². The van der Waals surface area contributed by atoms with Gasteiger partial charge in [-0.25, -0.2) is 0 Å². The fourth-order valence-electron chi connectivity index (χ4n) is 3.78. The normalized spacial score (nSPS) is 14.9. The van der Waals surface area contributed by atoms with E-state index in [4.69, 9.17) is 4.74 Å². The molecule has 0 bridgehead atoms. The standard InChI is InChI=1S/C27H45N3O5/c1-16(2)13-22(19(7)31)29-27(34)25(18(5)6)30-26(33)23(28-24(32)14-17(3)4)15-20-9-11-21(35-8)12-10-20/h9-12,16-19,22-23,25,31H,13-15H2,1-8H3,(H,28,32)(H,29,34)(H,30,33)/t19-,22-,23-,25-/m0/s1. The van der Waals surface area contributed by atoms with E-state index in [2.05, 4.69) is 16.0 Å². The second-order valence-corrected chi connectivity index (χ2v) is 10.5. The van der Waals surface area contributed by atoms with Gasteiger partial charge in [-0.1, -0.05) is 53.7 Å². The summed E-state index contributed by atoms with van der Waals surface area (Å²) in [5.74, 6) is -0.0599. The number of amides is 3. The van der Waals surface area contributed by atoms with Crippen molar-refractivity contribution in [1.29, 1.82) is 0 Å². The van der Waals surface area contributed by atoms with Crippen molar-refractivity contribution in [3.05, 3.63) is 29.8 Å². The summed E-state index contributed by atoms with van der Waals surface area (Å²) in [5, 5.41) is 18.7. The van der Waals surface area contributed by atoms with Crippen LogP contribution in [0.4, 0.5) is 0 Å². The largest absolute Gasteiger partial charge is 0.497 e. The van der Waals surface area contributed by atoms with Crippen LogP contribution in [0.15, 0.2) is 24.3 Å². The molecule has 0 aromatic heterocycles. The van der Waals surface area contributed by atoms with Crippen LogP contribution in [0.25, 0.3) is 0 Å². The van der Waals surface area contributed by atoms with E-state index >= 15 is 0 Å². The summed E-state index contributed by atoms with van der Waals surface area (Å²) in [4.78, 5) is 38.9. The molecule has 0 heterocycles. The van der Waals surface area contributed by atoms with E-state index in [-0.39, 0.29) is 36.0 Å². The summed E-state index contributed by atoms with van der Waals surface area (Å²) in [6.07, 6.45) is 0.470. The maximum atomic E-state index is 13.3. The van der Waals surface area contributed by atoms with Crippen LogP contribution in [0.3, 0.4) is 0 Å². The fourth-order valence-corrected chi connectivity index (χ4v) is 3.78. The van der Waals surface area contributed by atoms with Crippen LogP contribution in [0.2, 0.25) is 0 Å². The molecule has 0 saturated heterocycles. The lowest BCUT2D eigenvalue weighted by molar-refractivity contribution is -0.133. The Bertz CT molecular complexity index is 806. The highest BCUT2D eigenvalue weighted by molar-refractivity contribution is 5.92. The van der Waals surface area contributed by atoms with Crippen molar-refractivity contribution >= 4 is 17.7 Å². The highest BCUT2D eigenvalue weighted by Crippen LogP contribution is 2.14. The molecule has 3 amide bonds. The lowest BCUT2D eigenvalue weighted by Crippen LogP contribution is -2.58. The maximum absolute atomic E-state index is 13.3. The third-order valence-electron chi connectivity index (χ3n) is 5.73. The van der Waals surface area contributed by atoms with Gasteiger partial charge in [0, 0.05) is 12.8 Å². The second-order valence-electron chi connectivity index (χ2n) is 10.5. The Morgan fingerprint density at radius 2 is 1.46 bits per heavy atom. The average Bonchev–Trinajstić information content (AvgIpc) is 2.75. The molecule has 8 heteroatoms. The smallest absolute Gasteiger partial charge is 0.243 e. The number of hydrogen-bond donors (Lipinski definition) is 4. The van der Waals surface area contributed by atoms with Gasteiger partial charge in [-0.15, -0.1) is 0 Å². The summed E-state index contributed by atoms with van der Waals surface area (Å²) in [5.41, 5.74) is 0.854. The molecule has 0 fully saturated rings. The monoisotopic (exact) mass is 491 g/mol. The SMILES string of the molecule is COc1ccc(C[C@H](NC(=O)CC(C)C)C(=O)N[C@H](C(=O)N[C@@H](CC(C)C)[C@H](C)O)C(C)C)cc1. The van der Waals surface area contributed by atoms with Crippen molar-refractivity contribution in [2.75, 3.05) is 7.11 Å². The van der Waals surface area contributed by atoms with Crippen LogP contribution in [-0.2, 0) is 20.8 Å². The lowest BCUT2D eigenvalue weighted by atomic mass is 9.97. The number of aliphatic hydroxyl groups is 1. The molecule has 0 aliphatic rings. The number of carbonyl (C=O) groups excluding carboxylic acids is 3. The van der Waals surface area contributed by atoms with Crippen molar-refractivity contribution in [2.24, 2.45) is 17.8 Å². The Hall–Kier alpha value is -2.61. The summed E-state index contributed by atoms with van der Waals surface area (Å²) in [6, 6.07) is 5.23. The third kappa shape index (κ3) is 11.1. The molecule has 0 aliphatic carbocycles. The number of ether oxygens (including phenoxy) is 1. The van der Waals surface area contributed by atoms with E-state index in [0.29, 0.717) is 18.6 Å². The van der Waals surface area contributed by atoms with Crippen LogP contribution in [-0.4, -0.2) is 54.2 Å². The van der Waals surface area contributed by atoms with Crippen LogP contribution in [0.5, 0.6) is 5.75 Å². The molecular weight excluding hydrogens is 446 g/mol. The summed E-state index contributed by atoms with van der Waals surface area (Å²) >= 11 is 0. The maximum Gasteiger partial charge on any atom is 0.243 e. The first kappa shape index (κ1) is 30.4. The van der Waals surface area contributed by atoms with E-state index in [1.54, 1.807) is 26.2 Å². The van der Waals surface area contributed by atoms with Gasteiger partial charge in [0.25, 0.3) is 0 Å². The van der Waals surface area contributed by atoms with Gasteiger partial charge in [0.15, 0.2) is 0 Å². The predicted octanol–water partition coefficient (Wildman–Crippen LogP) is 2.82. The molecule has 1 aromatic carbocycles. The Labute approximate surface area is 210 Å². The van der Waals surface area contributed by atoms with Gasteiger partial charge in [-0.05, 0) is 48.8 Å². The molecule has 0 radical (unpaired) electrons. The van der Waals surface area contributed by atoms with Crippen LogP contribution >= 0.6 is 0 Å². The predicted molar refractivity (Wildman–Crippen MR) is 138 cm³/mol. The van der Waals surface area contributed by atoms with Crippen LogP contribution in [0, 0.1) is 17.8 Å². The topological polar surface area (TPSA) is 117 Å². The van der Waals surface area contributed by atoms with Gasteiger partial charge in [-0.2, -0.15) is 0 Å². The molecule has 0 unspecified atom stereocenters. The fraction of sp³-hybridized carbons (Fsp3) is 0.667. The Balaban J connectivity index is 3.05. The van der Waals surface area contributed by atoms with Gasteiger partial charge in [0.1, 0.15) is 17.8 Å². The molecule has 0 spiro atoms. The minimum atomic E-state index is -0.841. The quantitative estimate of drug-likeness (QED) is 0.319. The Morgan fingerprint density at radius 3 is 1.91 bits per heavy atom. The number of benzene rings is 1. The Kier molecular flexibility index (Phi) is 12.8. The molecule has 8 nitrogen and oxygen atoms in total. The van der Waals surface area contributed by atoms with E-state index in [9.17, 15) is 19.5 Å². The zero-order valence-electron chi connectivity index (χ0n) is 22.6. The van der Waals surface area contributed by atoms with Gasteiger partial charge >= 0.3 is 0 Å². The first-order valence-electron chi connectivity index (χ1n) is 12.5. The van der Waals surface area contributed by atoms with E-state index < -0.39 is 30.1 Å². The van der Waals surface area contributed by atoms with Gasteiger partial charge in [0.05, 0.1) is 19.3 Å². The molecule has 0 aliphatic heterocycles. The highest BCUT2D eigenvalue weighted by Gasteiger charge is 2.31. The van der Waals surface area contributed by atoms with E-state index in [1.807, 2.05) is 53.7 Å². The van der Waals surface area contributed by atoms with Crippen molar-refractivity contribution < 1.29 is 24.2 Å². The van der Waals surface area contributed by atoms with Gasteiger partial charge < -0.3 is 25.8 Å². The van der Waals surface area contributed by atoms with Crippen molar-refractivity contribution in [2.45, 2.75) is 92.0 Å². The zero-order valence-corrected chi connectivity index (χ0v) is 22.6. The second kappa shape index (κ2) is 14.7. The van der Waals surface area contributed by atoms with Crippen molar-refractivity contribution in [3.8, 4) is 5.75 Å². The summed E-state index contributed by atoms with van der Waals surface area (Å²) in [6.45, 7) is 13.3. The zero-order chi connectivity index (χ0) is 26.7. The van der Waals surface area contributed by atoms with Crippen LogP contribution in [0.1, 0.15) is 66.9 Å². The minimum Gasteiger partial charge on any atom is -0.497 e. The minimum absolute atomic E-state index is 0.146. The number of rotatable bonds is 14. The van der Waals surface area contributed by atoms with Gasteiger partial charge in [-0.3, -0.25) is 14.4 Å². The van der Waals surface area contributed by atoms with E-state index in [0.717, 1.165) is 5.56 Å². The van der Waals surface area contributed by atoms with Crippen molar-refractivity contribution in [1.82, 2.24) is 16.0 Å². The number of aliphatic hydroxyl groups excluding tert-OH is 1. The van der Waals surface area contributed by atoms with Gasteiger partial charge in [0.2, 0.25) is 17.7 Å². The summed E-state index contributed by atoms with van der Waals surface area (Å²) < 4.78 is 5.20. The number of nitrogens with one attached hydrogen (secondary N) is 3. The molecule has 198 valence electrons. The highest BCUT2D eigenvalue weighted by atomic mass is 16.5. The average molecular weight is 492 g/mol. The molecule has 35 heavy (non-hydrogen) atoms. The molecule has 1 rings (SSSR count). The number of hydrogen-bond acceptors (Lipinski definition) is 5. The molecule has 0 saturated carbocycles. The number of carbonyl (C=O) groups is 3. The van der Waals surface area contributed by atoms with Crippen LogP contribution < -0.4 is 20.7 Å². The molecule has 4 atom stereocenters. The third-order valence-corrected chi connectivity index (χ3v) is 5.73. The van der Waals surface area contributed by atoms with E-state index in [1.165, 1.54) is 0 Å². The first-order valence-corrected chi connectivity index (χ1v) is 12.5. The lowest BCUT2D eigenvalue weighted by Gasteiger charge is -2.29. The summed E-state index contributed by atoms with van der Waals surface area (Å²) in [7, 11) is 1.58. The molecular formula is C27H45N3O5.